The smallest absolute Gasteiger partial charge is 0.313 e. The number of rotatable bonds is 1. The van der Waals surface area contributed by atoms with E-state index < -0.39 is 11.9 Å². The van der Waals surface area contributed by atoms with Gasteiger partial charge >= 0.3 is 11.9 Å². The predicted octanol–water partition coefficient (Wildman–Crippen LogP) is 1.71. The summed E-state index contributed by atoms with van der Waals surface area (Å²) in [5.74, 6) is -1.02. The van der Waals surface area contributed by atoms with E-state index in [4.69, 9.17) is 0 Å². The number of ether oxygens (including phenoxy) is 1. The summed E-state index contributed by atoms with van der Waals surface area (Å²) in [4.78, 5) is 20.1. The molecule has 0 aliphatic heterocycles. The van der Waals surface area contributed by atoms with Crippen LogP contribution in [0.1, 0.15) is 33.6 Å². The summed E-state index contributed by atoms with van der Waals surface area (Å²) in [6, 6.07) is 0. The fourth-order valence-electron chi connectivity index (χ4n) is 0.232. The van der Waals surface area contributed by atoms with Crippen molar-refractivity contribution in [2.24, 2.45) is 0 Å². The molecule has 0 bridgehead atoms. The van der Waals surface area contributed by atoms with E-state index in [1.807, 2.05) is 6.92 Å². The summed E-state index contributed by atoms with van der Waals surface area (Å²) in [6.07, 6.45) is 1.25. The van der Waals surface area contributed by atoms with Gasteiger partial charge in [-0.2, -0.15) is 6.42 Å². The van der Waals surface area contributed by atoms with Crippen LogP contribution in [-0.2, 0) is 31.4 Å². The molecule has 12 heavy (non-hydrogen) atoms. The molecular weight excluding hydrogens is 200 g/mol. The summed E-state index contributed by atoms with van der Waals surface area (Å²) < 4.78 is 4.12. The van der Waals surface area contributed by atoms with Crippen LogP contribution in [0.4, 0.5) is 0 Å². The van der Waals surface area contributed by atoms with Crippen molar-refractivity contribution in [3.05, 3.63) is 6.92 Å². The van der Waals surface area contributed by atoms with Gasteiger partial charge in [0.1, 0.15) is 0 Å². The van der Waals surface area contributed by atoms with E-state index in [2.05, 4.69) is 11.7 Å². The van der Waals surface area contributed by atoms with E-state index in [0.29, 0.717) is 0 Å². The van der Waals surface area contributed by atoms with Crippen molar-refractivity contribution >= 4 is 11.9 Å². The quantitative estimate of drug-likeness (QED) is 0.289. The van der Waals surface area contributed by atoms with Crippen LogP contribution in [0.3, 0.4) is 0 Å². The Balaban J connectivity index is -0.000000177. The second kappa shape index (κ2) is 13.3. The van der Waals surface area contributed by atoms with Crippen molar-refractivity contribution in [3.63, 3.8) is 0 Å². The fraction of sp³-hybridized carbons (Fsp3) is 0.625. The molecule has 0 atom stereocenters. The van der Waals surface area contributed by atoms with Crippen molar-refractivity contribution in [2.75, 3.05) is 0 Å². The summed E-state index contributed by atoms with van der Waals surface area (Å²) in [7, 11) is 0. The van der Waals surface area contributed by atoms with Gasteiger partial charge in [0.15, 0.2) is 0 Å². The molecule has 4 heteroatoms. The molecule has 0 saturated carbocycles. The van der Waals surface area contributed by atoms with Gasteiger partial charge in [-0.25, -0.2) is 0 Å². The molecule has 0 aromatic heterocycles. The van der Waals surface area contributed by atoms with E-state index in [0.717, 1.165) is 6.42 Å². The Morgan fingerprint density at radius 2 is 1.67 bits per heavy atom. The first-order valence-corrected chi connectivity index (χ1v) is 3.58. The van der Waals surface area contributed by atoms with Crippen LogP contribution in [0.2, 0.25) is 0 Å². The van der Waals surface area contributed by atoms with Crippen LogP contribution in [0, 0.1) is 6.92 Å². The first-order valence-electron chi connectivity index (χ1n) is 3.58. The minimum absolute atomic E-state index is 0. The van der Waals surface area contributed by atoms with Gasteiger partial charge in [0, 0.05) is 30.4 Å². The van der Waals surface area contributed by atoms with Crippen LogP contribution in [-0.4, -0.2) is 11.9 Å². The normalized spacial score (nSPS) is 7.00. The minimum atomic E-state index is -0.545. The third-order valence-corrected chi connectivity index (χ3v) is 0.546. The second-order valence-electron chi connectivity index (χ2n) is 1.82. The molecule has 0 spiro atoms. The van der Waals surface area contributed by atoms with Crippen molar-refractivity contribution < 1.29 is 31.4 Å². The van der Waals surface area contributed by atoms with Crippen LogP contribution in [0.25, 0.3) is 0 Å². The Hall–Kier alpha value is -0.341. The van der Waals surface area contributed by atoms with Gasteiger partial charge in [-0.3, -0.25) is 9.59 Å². The Bertz CT molecular complexity index is 123. The topological polar surface area (TPSA) is 43.4 Å². The zero-order chi connectivity index (χ0) is 9.28. The number of carbonyl (C=O) groups is 2. The Morgan fingerprint density at radius 3 is 1.75 bits per heavy atom. The predicted molar refractivity (Wildman–Crippen MR) is 42.7 cm³/mol. The van der Waals surface area contributed by atoms with Gasteiger partial charge in [-0.15, -0.1) is 0 Å². The molecule has 0 aliphatic rings. The molecule has 0 aliphatic carbocycles. The molecule has 3 nitrogen and oxygen atoms in total. The zero-order valence-electron chi connectivity index (χ0n) is 7.70. The third-order valence-electron chi connectivity index (χ3n) is 0.546. The van der Waals surface area contributed by atoms with E-state index in [-0.39, 0.29) is 23.5 Å². The zero-order valence-corrected chi connectivity index (χ0v) is 8.80. The van der Waals surface area contributed by atoms with E-state index in [1.54, 1.807) is 6.92 Å². The monoisotopic (exact) mass is 215 g/mol. The van der Waals surface area contributed by atoms with Crippen LogP contribution < -0.4 is 0 Å². The molecule has 0 radical (unpaired) electrons. The van der Waals surface area contributed by atoms with Gasteiger partial charge in [0.2, 0.25) is 0 Å². The maximum Gasteiger partial charge on any atom is 0.313 e. The van der Waals surface area contributed by atoms with Crippen molar-refractivity contribution in [2.45, 2.75) is 33.6 Å². The minimum Gasteiger partial charge on any atom is -0.393 e. The fourth-order valence-corrected chi connectivity index (χ4v) is 0.232. The van der Waals surface area contributed by atoms with Crippen LogP contribution >= 0.6 is 0 Å². The molecule has 0 rings (SSSR count). The van der Waals surface area contributed by atoms with Crippen LogP contribution in [0.15, 0.2) is 0 Å². The van der Waals surface area contributed by atoms with Gasteiger partial charge in [-0.1, -0.05) is 13.8 Å². The Morgan fingerprint density at radius 1 is 1.33 bits per heavy atom. The SMILES string of the molecule is CCC(=O)OC(C)=O.[CH2-]CC.[Fe]. The second-order valence-corrected chi connectivity index (χ2v) is 1.82. The first kappa shape index (κ1) is 17.7. The average Bonchev–Trinajstić information content (AvgIpc) is 1.88. The van der Waals surface area contributed by atoms with E-state index in [9.17, 15) is 9.59 Å². The number of hydrogen-bond donors (Lipinski definition) is 0. The summed E-state index contributed by atoms with van der Waals surface area (Å²) in [5, 5.41) is 0. The maximum atomic E-state index is 10.2. The van der Waals surface area contributed by atoms with E-state index >= 15 is 0 Å². The summed E-state index contributed by atoms with van der Waals surface area (Å²) >= 11 is 0. The molecule has 0 aromatic carbocycles. The molecular formula is C8H15FeO3-. The molecule has 0 heterocycles. The van der Waals surface area contributed by atoms with Gasteiger partial charge in [0.25, 0.3) is 0 Å². The maximum absolute atomic E-state index is 10.2. The third kappa shape index (κ3) is 22.6. The van der Waals surface area contributed by atoms with Crippen molar-refractivity contribution in [1.29, 1.82) is 0 Å². The molecule has 0 aromatic rings. The standard InChI is InChI=1S/C5H8O3.C3H7.Fe/c1-3-5(7)8-4(2)6;1-3-2;/h3H2,1-2H3;1,3H2,2H3;/q;-1;. The summed E-state index contributed by atoms with van der Waals surface area (Å²) in [5.41, 5.74) is 0. The number of esters is 2. The number of carbonyl (C=O) groups excluding carboxylic acids is 2. The Labute approximate surface area is 84.3 Å². The van der Waals surface area contributed by atoms with Crippen molar-refractivity contribution in [1.82, 2.24) is 0 Å². The van der Waals surface area contributed by atoms with Gasteiger partial charge in [0.05, 0.1) is 0 Å². The van der Waals surface area contributed by atoms with Crippen LogP contribution in [0.5, 0.6) is 0 Å². The Kier molecular flexibility index (Phi) is 19.5. The largest absolute Gasteiger partial charge is 0.393 e. The molecule has 0 unspecified atom stereocenters. The molecule has 0 fully saturated rings. The molecule has 0 saturated heterocycles. The molecule has 0 amide bonds. The van der Waals surface area contributed by atoms with E-state index in [1.165, 1.54) is 6.92 Å². The molecule has 74 valence electrons. The summed E-state index contributed by atoms with van der Waals surface area (Å²) in [6.45, 7) is 8.33. The van der Waals surface area contributed by atoms with Crippen molar-refractivity contribution in [3.8, 4) is 0 Å². The first-order chi connectivity index (χ1) is 5.08. The number of hydrogen-bond acceptors (Lipinski definition) is 3. The van der Waals surface area contributed by atoms with Gasteiger partial charge in [-0.05, 0) is 0 Å². The molecule has 0 N–H and O–H groups in total. The average molecular weight is 215 g/mol. The van der Waals surface area contributed by atoms with Gasteiger partial charge < -0.3 is 11.7 Å².